The largest absolute Gasteiger partial charge is 0.465 e. The number of hydrogen-bond acceptors (Lipinski definition) is 5. The lowest BCUT2D eigenvalue weighted by Crippen LogP contribution is -2.26. The molecule has 0 saturated carbocycles. The molecule has 1 aliphatic rings. The summed E-state index contributed by atoms with van der Waals surface area (Å²) in [5.74, 6) is -0.755. The monoisotopic (exact) mass is 454 g/mol. The van der Waals surface area contributed by atoms with Gasteiger partial charge in [0.05, 0.1) is 29.0 Å². The predicted octanol–water partition coefficient (Wildman–Crippen LogP) is 5.47. The second-order valence-electron chi connectivity index (χ2n) is 7.98. The van der Waals surface area contributed by atoms with Crippen molar-refractivity contribution in [1.82, 2.24) is 0 Å². The zero-order chi connectivity index (χ0) is 24.4. The van der Waals surface area contributed by atoms with Crippen molar-refractivity contribution in [2.24, 2.45) is 0 Å². The van der Waals surface area contributed by atoms with Crippen molar-refractivity contribution in [2.75, 3.05) is 12.0 Å². The topological polar surface area (TPSA) is 89.8 Å². The molecular weight excluding hydrogens is 432 g/mol. The summed E-state index contributed by atoms with van der Waals surface area (Å²) in [6, 6.07) is 18.9. The van der Waals surface area contributed by atoms with E-state index in [1.54, 1.807) is 47.4 Å². The van der Waals surface area contributed by atoms with E-state index in [0.29, 0.717) is 28.1 Å². The van der Waals surface area contributed by atoms with Crippen molar-refractivity contribution < 1.29 is 19.2 Å². The number of aryl methyl sites for hydroxylation is 2. The average molecular weight is 454 g/mol. The molecule has 0 aliphatic carbocycles. The number of nitro groups is 1. The number of ether oxygens (including phenoxy) is 1. The van der Waals surface area contributed by atoms with Crippen LogP contribution in [0.3, 0.4) is 0 Å². The highest BCUT2D eigenvalue weighted by atomic mass is 16.6. The lowest BCUT2D eigenvalue weighted by molar-refractivity contribution is -0.384. The normalized spacial score (nSPS) is 14.3. The predicted molar refractivity (Wildman–Crippen MR) is 130 cm³/mol. The lowest BCUT2D eigenvalue weighted by atomic mass is 10.1. The van der Waals surface area contributed by atoms with Crippen LogP contribution in [0, 0.1) is 24.0 Å². The Hall–Kier alpha value is -4.52. The standard InChI is InChI=1S/C27H22N2O5/c1-17-4-9-20(10-5-17)25-16-22(14-19-7-12-23(13-8-19)29(32)33)26(30)28(25)24-15-21(27(31)34-3)11-6-18(24)2/h4-16H,1-3H3/b22-14+. The molecule has 0 fully saturated rings. The lowest BCUT2D eigenvalue weighted by Gasteiger charge is -2.23. The van der Waals surface area contributed by atoms with E-state index in [-0.39, 0.29) is 11.6 Å². The van der Waals surface area contributed by atoms with E-state index in [0.717, 1.165) is 16.7 Å². The summed E-state index contributed by atoms with van der Waals surface area (Å²) < 4.78 is 4.86. The summed E-state index contributed by atoms with van der Waals surface area (Å²) in [5, 5.41) is 10.9. The molecule has 3 aromatic rings. The number of carbonyl (C=O) groups excluding carboxylic acids is 2. The summed E-state index contributed by atoms with van der Waals surface area (Å²) >= 11 is 0. The van der Waals surface area contributed by atoms with Gasteiger partial charge in [-0.25, -0.2) is 4.79 Å². The van der Waals surface area contributed by atoms with Crippen LogP contribution in [0.5, 0.6) is 0 Å². The molecule has 3 aromatic carbocycles. The fourth-order valence-corrected chi connectivity index (χ4v) is 3.76. The Balaban J connectivity index is 1.83. The molecule has 0 N–H and O–H groups in total. The Labute approximate surface area is 196 Å². The second kappa shape index (κ2) is 9.15. The van der Waals surface area contributed by atoms with Gasteiger partial charge >= 0.3 is 5.97 Å². The Morgan fingerprint density at radius 3 is 2.29 bits per heavy atom. The fraction of sp³-hybridized carbons (Fsp3) is 0.111. The van der Waals surface area contributed by atoms with Crippen LogP contribution >= 0.6 is 0 Å². The number of nitro benzene ring substituents is 1. The zero-order valence-corrected chi connectivity index (χ0v) is 18.9. The summed E-state index contributed by atoms with van der Waals surface area (Å²) in [6.07, 6.45) is 3.48. The van der Waals surface area contributed by atoms with Gasteiger partial charge in [-0.2, -0.15) is 0 Å². The van der Waals surface area contributed by atoms with E-state index in [9.17, 15) is 19.7 Å². The van der Waals surface area contributed by atoms with Crippen LogP contribution in [0.2, 0.25) is 0 Å². The second-order valence-corrected chi connectivity index (χ2v) is 7.98. The molecule has 7 nitrogen and oxygen atoms in total. The van der Waals surface area contributed by atoms with Crippen LogP contribution in [-0.4, -0.2) is 23.9 Å². The molecule has 0 saturated heterocycles. The van der Waals surface area contributed by atoms with Crippen LogP contribution in [0.4, 0.5) is 11.4 Å². The number of esters is 1. The highest BCUT2D eigenvalue weighted by molar-refractivity contribution is 6.23. The number of rotatable bonds is 5. The average Bonchev–Trinajstić information content (AvgIpc) is 3.15. The Kier molecular flexibility index (Phi) is 6.10. The number of non-ortho nitro benzene ring substituents is 1. The number of nitrogens with zero attached hydrogens (tertiary/aromatic N) is 2. The van der Waals surface area contributed by atoms with Gasteiger partial charge < -0.3 is 4.74 Å². The maximum Gasteiger partial charge on any atom is 0.337 e. The molecule has 7 heteroatoms. The summed E-state index contributed by atoms with van der Waals surface area (Å²) in [7, 11) is 1.31. The van der Waals surface area contributed by atoms with Crippen LogP contribution < -0.4 is 4.90 Å². The molecule has 0 radical (unpaired) electrons. The van der Waals surface area contributed by atoms with E-state index in [1.165, 1.54) is 19.2 Å². The third-order valence-electron chi connectivity index (χ3n) is 5.63. The van der Waals surface area contributed by atoms with Gasteiger partial charge in [-0.1, -0.05) is 35.9 Å². The van der Waals surface area contributed by atoms with Crippen molar-refractivity contribution in [3.05, 3.63) is 116 Å². The van der Waals surface area contributed by atoms with Crippen LogP contribution in [0.1, 0.15) is 32.6 Å². The highest BCUT2D eigenvalue weighted by Gasteiger charge is 2.32. The first-order valence-corrected chi connectivity index (χ1v) is 10.6. The van der Waals surface area contributed by atoms with E-state index in [2.05, 4.69) is 0 Å². The first-order valence-electron chi connectivity index (χ1n) is 10.6. The minimum atomic E-state index is -0.490. The summed E-state index contributed by atoms with van der Waals surface area (Å²) in [6.45, 7) is 3.86. The maximum atomic E-state index is 13.6. The SMILES string of the molecule is COC(=O)c1ccc(C)c(N2C(=O)/C(=C/c3ccc([N+](=O)[O-])cc3)C=C2c2ccc(C)cc2)c1. The minimum Gasteiger partial charge on any atom is -0.465 e. The third kappa shape index (κ3) is 4.36. The molecular formula is C27H22N2O5. The van der Waals surface area contributed by atoms with Crippen molar-refractivity contribution in [3.63, 3.8) is 0 Å². The van der Waals surface area contributed by atoms with Crippen molar-refractivity contribution >= 4 is 35.0 Å². The molecule has 0 atom stereocenters. The van der Waals surface area contributed by atoms with Gasteiger partial charge in [-0.15, -0.1) is 0 Å². The molecule has 0 unspecified atom stereocenters. The molecule has 0 spiro atoms. The quantitative estimate of drug-likeness (QED) is 0.221. The molecule has 1 aliphatic heterocycles. The van der Waals surface area contributed by atoms with Gasteiger partial charge in [0, 0.05) is 17.7 Å². The molecule has 1 heterocycles. The number of amides is 1. The van der Waals surface area contributed by atoms with Gasteiger partial charge in [-0.05, 0) is 67.0 Å². The molecule has 34 heavy (non-hydrogen) atoms. The van der Waals surface area contributed by atoms with Gasteiger partial charge in [-0.3, -0.25) is 19.8 Å². The Morgan fingerprint density at radius 1 is 1.00 bits per heavy atom. The van der Waals surface area contributed by atoms with Gasteiger partial charge in [0.15, 0.2) is 0 Å². The van der Waals surface area contributed by atoms with Crippen LogP contribution in [0.25, 0.3) is 11.8 Å². The maximum absolute atomic E-state index is 13.6. The zero-order valence-electron chi connectivity index (χ0n) is 18.9. The van der Waals surface area contributed by atoms with Gasteiger partial charge in [0.1, 0.15) is 0 Å². The number of hydrogen-bond donors (Lipinski definition) is 0. The Morgan fingerprint density at radius 2 is 1.68 bits per heavy atom. The fourth-order valence-electron chi connectivity index (χ4n) is 3.76. The van der Waals surface area contributed by atoms with Crippen molar-refractivity contribution in [3.8, 4) is 0 Å². The van der Waals surface area contributed by atoms with Crippen LogP contribution in [-0.2, 0) is 9.53 Å². The number of anilines is 1. The van der Waals surface area contributed by atoms with E-state index >= 15 is 0 Å². The molecule has 0 bridgehead atoms. The van der Waals surface area contributed by atoms with Crippen LogP contribution in [0.15, 0.2) is 78.4 Å². The molecule has 4 rings (SSSR count). The first-order chi connectivity index (χ1) is 16.3. The van der Waals surface area contributed by atoms with Crippen molar-refractivity contribution in [1.29, 1.82) is 0 Å². The smallest absolute Gasteiger partial charge is 0.337 e. The number of methoxy groups -OCH3 is 1. The molecule has 1 amide bonds. The first kappa shape index (κ1) is 22.7. The highest BCUT2D eigenvalue weighted by Crippen LogP contribution is 2.37. The minimum absolute atomic E-state index is 0.0207. The number of carbonyl (C=O) groups is 2. The van der Waals surface area contributed by atoms with Gasteiger partial charge in [0.2, 0.25) is 0 Å². The van der Waals surface area contributed by atoms with E-state index in [1.807, 2.05) is 38.1 Å². The third-order valence-corrected chi connectivity index (χ3v) is 5.63. The summed E-state index contributed by atoms with van der Waals surface area (Å²) in [4.78, 5) is 37.8. The Bertz CT molecular complexity index is 1350. The molecule has 0 aromatic heterocycles. The molecule has 170 valence electrons. The van der Waals surface area contributed by atoms with Crippen molar-refractivity contribution in [2.45, 2.75) is 13.8 Å². The summed E-state index contributed by atoms with van der Waals surface area (Å²) in [5.41, 5.74) is 5.40. The van der Waals surface area contributed by atoms with Gasteiger partial charge in [0.25, 0.3) is 11.6 Å². The van der Waals surface area contributed by atoms with E-state index < -0.39 is 10.9 Å². The number of benzene rings is 3. The van der Waals surface area contributed by atoms with E-state index in [4.69, 9.17) is 4.74 Å².